The lowest BCUT2D eigenvalue weighted by Gasteiger charge is -2.09. The molecule has 0 saturated carbocycles. The number of rotatable bonds is 4. The second-order valence-electron chi connectivity index (χ2n) is 5.81. The SMILES string of the molecule is Cc1cccc(NC(=O)c2cccn(Cc3cccc(Cl)c3)c2=O)c1. The molecule has 1 aromatic heterocycles. The third kappa shape index (κ3) is 4.17. The lowest BCUT2D eigenvalue weighted by Crippen LogP contribution is -2.29. The Kier molecular flexibility index (Phi) is 5.00. The van der Waals surface area contributed by atoms with Crippen molar-refractivity contribution in [3.05, 3.63) is 98.9 Å². The summed E-state index contributed by atoms with van der Waals surface area (Å²) >= 11 is 5.98. The molecule has 0 saturated heterocycles. The number of hydrogen-bond acceptors (Lipinski definition) is 2. The van der Waals surface area contributed by atoms with Crippen LogP contribution < -0.4 is 10.9 Å². The molecule has 0 fully saturated rings. The molecule has 2 aromatic carbocycles. The first-order chi connectivity index (χ1) is 12.0. The molecule has 4 nitrogen and oxygen atoms in total. The Morgan fingerprint density at radius 2 is 1.88 bits per heavy atom. The van der Waals surface area contributed by atoms with Crippen molar-refractivity contribution in [1.29, 1.82) is 0 Å². The van der Waals surface area contributed by atoms with Crippen LogP contribution in [0.2, 0.25) is 5.02 Å². The molecule has 0 aliphatic rings. The summed E-state index contributed by atoms with van der Waals surface area (Å²) in [5.74, 6) is -0.420. The number of carbonyl (C=O) groups is 1. The van der Waals surface area contributed by atoms with Gasteiger partial charge in [0.15, 0.2) is 0 Å². The molecule has 0 bridgehead atoms. The van der Waals surface area contributed by atoms with Gasteiger partial charge in [0.25, 0.3) is 11.5 Å². The highest BCUT2D eigenvalue weighted by molar-refractivity contribution is 6.30. The van der Waals surface area contributed by atoms with Crippen LogP contribution in [0.5, 0.6) is 0 Å². The van der Waals surface area contributed by atoms with E-state index in [4.69, 9.17) is 11.6 Å². The highest BCUT2D eigenvalue weighted by atomic mass is 35.5. The molecule has 1 heterocycles. The molecule has 0 aliphatic heterocycles. The first-order valence-electron chi connectivity index (χ1n) is 7.85. The lowest BCUT2D eigenvalue weighted by atomic mass is 10.2. The van der Waals surface area contributed by atoms with E-state index in [0.717, 1.165) is 11.1 Å². The van der Waals surface area contributed by atoms with Crippen molar-refractivity contribution < 1.29 is 4.79 Å². The Balaban J connectivity index is 1.85. The average molecular weight is 353 g/mol. The molecule has 1 N–H and O–H groups in total. The zero-order chi connectivity index (χ0) is 17.8. The largest absolute Gasteiger partial charge is 0.322 e. The Morgan fingerprint density at radius 1 is 1.08 bits per heavy atom. The molecule has 5 heteroatoms. The fraction of sp³-hybridized carbons (Fsp3) is 0.100. The number of aromatic nitrogens is 1. The highest BCUT2D eigenvalue weighted by Gasteiger charge is 2.12. The number of carbonyl (C=O) groups excluding carboxylic acids is 1. The lowest BCUT2D eigenvalue weighted by molar-refractivity contribution is 0.102. The van der Waals surface area contributed by atoms with E-state index >= 15 is 0 Å². The van der Waals surface area contributed by atoms with E-state index in [9.17, 15) is 9.59 Å². The number of pyridine rings is 1. The molecule has 3 rings (SSSR count). The van der Waals surface area contributed by atoms with E-state index in [0.29, 0.717) is 17.3 Å². The summed E-state index contributed by atoms with van der Waals surface area (Å²) in [5.41, 5.74) is 2.35. The third-order valence-corrected chi connectivity index (χ3v) is 4.02. The second-order valence-corrected chi connectivity index (χ2v) is 6.24. The minimum atomic E-state index is -0.420. The zero-order valence-electron chi connectivity index (χ0n) is 13.7. The van der Waals surface area contributed by atoms with Gasteiger partial charge in [-0.05, 0) is 54.4 Å². The number of aryl methyl sites for hydroxylation is 1. The summed E-state index contributed by atoms with van der Waals surface area (Å²) in [5, 5.41) is 3.38. The number of anilines is 1. The summed E-state index contributed by atoms with van der Waals surface area (Å²) in [6, 6.07) is 18.0. The standard InChI is InChI=1S/C20H17ClN2O2/c1-14-5-2-8-17(11-14)22-19(24)18-9-4-10-23(20(18)25)13-15-6-3-7-16(21)12-15/h2-12H,13H2,1H3,(H,22,24). The molecule has 3 aromatic rings. The fourth-order valence-corrected chi connectivity index (χ4v) is 2.80. The molecule has 0 unspecified atom stereocenters. The van der Waals surface area contributed by atoms with E-state index in [1.807, 2.05) is 37.3 Å². The van der Waals surface area contributed by atoms with Gasteiger partial charge in [0.2, 0.25) is 0 Å². The van der Waals surface area contributed by atoms with Gasteiger partial charge in [-0.15, -0.1) is 0 Å². The number of benzene rings is 2. The smallest absolute Gasteiger partial charge is 0.263 e. The number of halogens is 1. The van der Waals surface area contributed by atoms with Gasteiger partial charge in [0, 0.05) is 16.9 Å². The van der Waals surface area contributed by atoms with Crippen molar-refractivity contribution in [2.45, 2.75) is 13.5 Å². The summed E-state index contributed by atoms with van der Waals surface area (Å²) in [6.45, 7) is 2.29. The van der Waals surface area contributed by atoms with Crippen LogP contribution in [-0.2, 0) is 6.54 Å². The van der Waals surface area contributed by atoms with E-state index in [-0.39, 0.29) is 11.1 Å². The van der Waals surface area contributed by atoms with Crippen molar-refractivity contribution in [3.63, 3.8) is 0 Å². The van der Waals surface area contributed by atoms with Crippen LogP contribution in [0, 0.1) is 6.92 Å². The monoisotopic (exact) mass is 352 g/mol. The average Bonchev–Trinajstić information content (AvgIpc) is 2.57. The Bertz CT molecular complexity index is 979. The summed E-state index contributed by atoms with van der Waals surface area (Å²) < 4.78 is 1.50. The van der Waals surface area contributed by atoms with E-state index in [1.165, 1.54) is 10.6 Å². The maximum Gasteiger partial charge on any atom is 0.263 e. The number of nitrogens with zero attached hydrogens (tertiary/aromatic N) is 1. The van der Waals surface area contributed by atoms with E-state index in [2.05, 4.69) is 5.32 Å². The summed E-state index contributed by atoms with van der Waals surface area (Å²) in [7, 11) is 0. The van der Waals surface area contributed by atoms with E-state index < -0.39 is 5.91 Å². The van der Waals surface area contributed by atoms with Crippen LogP contribution in [-0.4, -0.2) is 10.5 Å². The first-order valence-corrected chi connectivity index (χ1v) is 8.22. The minimum absolute atomic E-state index is 0.103. The van der Waals surface area contributed by atoms with Crippen LogP contribution >= 0.6 is 11.6 Å². The molecule has 0 spiro atoms. The van der Waals surface area contributed by atoms with Crippen molar-refractivity contribution in [2.24, 2.45) is 0 Å². The van der Waals surface area contributed by atoms with Crippen LogP contribution in [0.4, 0.5) is 5.69 Å². The van der Waals surface area contributed by atoms with Crippen molar-refractivity contribution in [3.8, 4) is 0 Å². The molecule has 126 valence electrons. The predicted molar refractivity (Wildman–Crippen MR) is 100 cm³/mol. The van der Waals surface area contributed by atoms with E-state index in [1.54, 1.807) is 30.5 Å². The molecule has 0 atom stereocenters. The summed E-state index contributed by atoms with van der Waals surface area (Å²) in [6.07, 6.45) is 1.66. The first kappa shape index (κ1) is 17.0. The zero-order valence-corrected chi connectivity index (χ0v) is 14.5. The number of nitrogens with one attached hydrogen (secondary N) is 1. The Labute approximate surface area is 150 Å². The summed E-state index contributed by atoms with van der Waals surface area (Å²) in [4.78, 5) is 25.1. The van der Waals surface area contributed by atoms with Crippen LogP contribution in [0.3, 0.4) is 0 Å². The van der Waals surface area contributed by atoms with Gasteiger partial charge >= 0.3 is 0 Å². The third-order valence-electron chi connectivity index (χ3n) is 3.78. The van der Waals surface area contributed by atoms with Crippen molar-refractivity contribution in [1.82, 2.24) is 4.57 Å². The number of hydrogen-bond donors (Lipinski definition) is 1. The second kappa shape index (κ2) is 7.36. The molecule has 0 radical (unpaired) electrons. The quantitative estimate of drug-likeness (QED) is 0.768. The van der Waals surface area contributed by atoms with Gasteiger partial charge in [-0.2, -0.15) is 0 Å². The topological polar surface area (TPSA) is 51.1 Å². The maximum absolute atomic E-state index is 12.6. The normalized spacial score (nSPS) is 10.5. The van der Waals surface area contributed by atoms with Crippen molar-refractivity contribution in [2.75, 3.05) is 5.32 Å². The predicted octanol–water partition coefficient (Wildman–Crippen LogP) is 4.11. The maximum atomic E-state index is 12.6. The van der Waals surface area contributed by atoms with Gasteiger partial charge in [-0.3, -0.25) is 9.59 Å². The molecule has 25 heavy (non-hydrogen) atoms. The van der Waals surface area contributed by atoms with Gasteiger partial charge in [0.05, 0.1) is 6.54 Å². The molecule has 1 amide bonds. The van der Waals surface area contributed by atoms with Gasteiger partial charge in [-0.1, -0.05) is 35.9 Å². The number of amides is 1. The Morgan fingerprint density at radius 3 is 2.64 bits per heavy atom. The fourth-order valence-electron chi connectivity index (χ4n) is 2.59. The van der Waals surface area contributed by atoms with Gasteiger partial charge in [-0.25, -0.2) is 0 Å². The molecular formula is C20H17ClN2O2. The van der Waals surface area contributed by atoms with Crippen LogP contribution in [0.25, 0.3) is 0 Å². The van der Waals surface area contributed by atoms with Crippen molar-refractivity contribution >= 4 is 23.2 Å². The van der Waals surface area contributed by atoms with Gasteiger partial charge < -0.3 is 9.88 Å². The Hall–Kier alpha value is -2.85. The van der Waals surface area contributed by atoms with Crippen LogP contribution in [0.15, 0.2) is 71.7 Å². The molecular weight excluding hydrogens is 336 g/mol. The highest BCUT2D eigenvalue weighted by Crippen LogP contribution is 2.12. The molecule has 0 aliphatic carbocycles. The van der Waals surface area contributed by atoms with Gasteiger partial charge in [0.1, 0.15) is 5.56 Å². The van der Waals surface area contributed by atoms with Crippen LogP contribution in [0.1, 0.15) is 21.5 Å². The minimum Gasteiger partial charge on any atom is -0.322 e.